The molecule has 2 aliphatic heterocycles. The summed E-state index contributed by atoms with van der Waals surface area (Å²) in [5, 5.41) is 14.6. The van der Waals surface area contributed by atoms with E-state index in [-0.39, 0.29) is 6.29 Å². The molecule has 2 aliphatic rings. The second-order valence-corrected chi connectivity index (χ2v) is 5.62. The smallest absolute Gasteiger partial charge is 0.330 e. The van der Waals surface area contributed by atoms with Crippen molar-refractivity contribution in [2.45, 2.75) is 20.1 Å². The molecule has 2 rings (SSSR count). The molecule has 0 spiro atoms. The minimum Gasteiger partial charge on any atom is -0.430 e. The lowest BCUT2D eigenvalue weighted by Gasteiger charge is -2.25. The molecule has 1 atom stereocenters. The topological polar surface area (TPSA) is 82.0 Å². The largest absolute Gasteiger partial charge is 0.430 e. The number of amidine groups is 1. The van der Waals surface area contributed by atoms with Crippen molar-refractivity contribution in [3.05, 3.63) is 35.5 Å². The van der Waals surface area contributed by atoms with E-state index in [9.17, 15) is 0 Å². The molecule has 0 saturated carbocycles. The van der Waals surface area contributed by atoms with E-state index in [2.05, 4.69) is 15.6 Å². The highest BCUT2D eigenvalue weighted by atomic mass is 16.5. The first-order valence-corrected chi connectivity index (χ1v) is 8.63. The minimum atomic E-state index is -0.0907. The molecule has 0 amide bonds. The zero-order chi connectivity index (χ0) is 17.9. The van der Waals surface area contributed by atoms with Crippen molar-refractivity contribution < 1.29 is 9.39 Å². The van der Waals surface area contributed by atoms with Crippen LogP contribution in [-0.4, -0.2) is 70.2 Å². The summed E-state index contributed by atoms with van der Waals surface area (Å²) in [6.07, 6.45) is 9.43. The van der Waals surface area contributed by atoms with E-state index in [4.69, 9.17) is 14.8 Å². The molecular formula is C17H27BN5O2. The third kappa shape index (κ3) is 6.49. The normalized spacial score (nSPS) is 22.2. The first kappa shape index (κ1) is 19.4. The Morgan fingerprint density at radius 2 is 2.52 bits per heavy atom. The van der Waals surface area contributed by atoms with Crippen molar-refractivity contribution in [3.63, 3.8) is 0 Å². The van der Waals surface area contributed by atoms with Crippen LogP contribution in [0.2, 0.25) is 0 Å². The number of rotatable bonds is 9. The number of hydrogen-bond donors (Lipinski definition) is 3. The third-order valence-corrected chi connectivity index (χ3v) is 3.97. The van der Waals surface area contributed by atoms with Gasteiger partial charge in [-0.15, -0.1) is 0 Å². The number of ether oxygens (including phenoxy) is 1. The fraction of sp³-hybridized carbons (Fsp3) is 0.529. The van der Waals surface area contributed by atoms with Crippen LogP contribution in [0, 0.1) is 5.41 Å². The second-order valence-electron chi connectivity index (χ2n) is 5.62. The maximum Gasteiger partial charge on any atom is 0.330 e. The number of nitrogens with one attached hydrogen (secondary N) is 3. The summed E-state index contributed by atoms with van der Waals surface area (Å²) in [6.45, 7) is 7.66. The van der Waals surface area contributed by atoms with Gasteiger partial charge in [0.15, 0.2) is 6.29 Å². The van der Waals surface area contributed by atoms with Crippen molar-refractivity contribution in [3.8, 4) is 0 Å². The average Bonchev–Trinajstić information content (AvgIpc) is 3.10. The molecule has 1 unspecified atom stereocenters. The quantitative estimate of drug-likeness (QED) is 0.250. The van der Waals surface area contributed by atoms with Gasteiger partial charge in [-0.2, -0.15) is 0 Å². The van der Waals surface area contributed by atoms with Crippen molar-refractivity contribution in [1.29, 1.82) is 5.41 Å². The first-order chi connectivity index (χ1) is 12.2. The van der Waals surface area contributed by atoms with Crippen LogP contribution in [0.1, 0.15) is 13.8 Å². The molecule has 0 aromatic rings. The van der Waals surface area contributed by atoms with Gasteiger partial charge in [-0.05, 0) is 25.5 Å². The van der Waals surface area contributed by atoms with Gasteiger partial charge in [0, 0.05) is 32.0 Å². The molecule has 1 saturated heterocycles. The SMILES string of the molecule is C/C=C1/[B]OC/C1=C/COCC(=N)N(CC)CCNC1N=CC=CN1. The molecule has 2 heterocycles. The van der Waals surface area contributed by atoms with Gasteiger partial charge >= 0.3 is 7.48 Å². The maximum absolute atomic E-state index is 8.19. The van der Waals surface area contributed by atoms with E-state index in [1.807, 2.05) is 43.2 Å². The zero-order valence-electron chi connectivity index (χ0n) is 15.0. The Morgan fingerprint density at radius 1 is 1.64 bits per heavy atom. The summed E-state index contributed by atoms with van der Waals surface area (Å²) in [4.78, 5) is 6.25. The van der Waals surface area contributed by atoms with Gasteiger partial charge in [-0.25, -0.2) is 0 Å². The van der Waals surface area contributed by atoms with Crippen LogP contribution in [-0.2, 0) is 9.39 Å². The highest BCUT2D eigenvalue weighted by Gasteiger charge is 2.15. The molecular weight excluding hydrogens is 317 g/mol. The molecule has 7 nitrogen and oxygen atoms in total. The van der Waals surface area contributed by atoms with E-state index in [0.29, 0.717) is 25.7 Å². The summed E-state index contributed by atoms with van der Waals surface area (Å²) in [5.41, 5.74) is 2.24. The lowest BCUT2D eigenvalue weighted by Crippen LogP contribution is -2.44. The number of aliphatic imine (C=N–C) groups is 1. The molecule has 1 radical (unpaired) electrons. The molecule has 135 valence electrons. The highest BCUT2D eigenvalue weighted by molar-refractivity contribution is 6.41. The predicted molar refractivity (Wildman–Crippen MR) is 102 cm³/mol. The average molecular weight is 344 g/mol. The van der Waals surface area contributed by atoms with Crippen molar-refractivity contribution in [2.75, 3.05) is 39.5 Å². The summed E-state index contributed by atoms with van der Waals surface area (Å²) in [5.74, 6) is 0.489. The van der Waals surface area contributed by atoms with E-state index in [0.717, 1.165) is 30.7 Å². The molecule has 0 bridgehead atoms. The fourth-order valence-electron chi connectivity index (χ4n) is 2.52. The Labute approximate surface area is 150 Å². The fourth-order valence-corrected chi connectivity index (χ4v) is 2.52. The van der Waals surface area contributed by atoms with Crippen LogP contribution in [0.5, 0.6) is 0 Å². The lowest BCUT2D eigenvalue weighted by atomic mass is 9.85. The number of likely N-dealkylation sites (N-methyl/N-ethyl adjacent to an activating group) is 1. The van der Waals surface area contributed by atoms with Gasteiger partial charge in [-0.1, -0.05) is 17.6 Å². The van der Waals surface area contributed by atoms with Gasteiger partial charge in [-0.3, -0.25) is 15.7 Å². The lowest BCUT2D eigenvalue weighted by molar-refractivity contribution is 0.191. The van der Waals surface area contributed by atoms with E-state index < -0.39 is 0 Å². The Balaban J connectivity index is 1.64. The standard InChI is InChI=1S/C17H27BN5O2/c1-3-15-14(12-25-18-15)6-11-24-13-16(19)23(4-2)10-9-22-17-20-7-5-8-21-17/h3,5-8,17,19-20,22H,4,9-13H2,1-2H3/b14-6-,15-3+,19-16?. The van der Waals surface area contributed by atoms with Gasteiger partial charge in [0.2, 0.25) is 0 Å². The van der Waals surface area contributed by atoms with Crippen LogP contribution >= 0.6 is 0 Å². The van der Waals surface area contributed by atoms with E-state index in [1.54, 1.807) is 13.7 Å². The monoisotopic (exact) mass is 344 g/mol. The molecule has 8 heteroatoms. The molecule has 0 aromatic carbocycles. The van der Waals surface area contributed by atoms with Gasteiger partial charge in [0.1, 0.15) is 12.4 Å². The van der Waals surface area contributed by atoms with E-state index in [1.165, 1.54) is 0 Å². The zero-order valence-corrected chi connectivity index (χ0v) is 15.0. The van der Waals surface area contributed by atoms with Crippen LogP contribution in [0.3, 0.4) is 0 Å². The third-order valence-electron chi connectivity index (χ3n) is 3.97. The van der Waals surface area contributed by atoms with Crippen molar-refractivity contribution in [1.82, 2.24) is 15.5 Å². The van der Waals surface area contributed by atoms with E-state index >= 15 is 0 Å². The van der Waals surface area contributed by atoms with Gasteiger partial charge in [0.25, 0.3) is 0 Å². The Hall–Kier alpha value is -1.90. The summed E-state index contributed by atoms with van der Waals surface area (Å²) in [7, 11) is 1.76. The number of hydrogen-bond acceptors (Lipinski definition) is 6. The second kappa shape index (κ2) is 10.9. The van der Waals surface area contributed by atoms with Gasteiger partial charge in [0.05, 0.1) is 13.2 Å². The molecule has 3 N–H and O–H groups in total. The molecule has 0 aromatic heterocycles. The highest BCUT2D eigenvalue weighted by Crippen LogP contribution is 2.16. The first-order valence-electron chi connectivity index (χ1n) is 8.63. The predicted octanol–water partition coefficient (Wildman–Crippen LogP) is 0.843. The Morgan fingerprint density at radius 3 is 3.24 bits per heavy atom. The molecule has 1 fully saturated rings. The van der Waals surface area contributed by atoms with Gasteiger partial charge < -0.3 is 19.6 Å². The van der Waals surface area contributed by atoms with Crippen LogP contribution in [0.4, 0.5) is 0 Å². The number of nitrogens with zero attached hydrogens (tertiary/aromatic N) is 2. The van der Waals surface area contributed by atoms with Crippen molar-refractivity contribution in [2.24, 2.45) is 4.99 Å². The van der Waals surface area contributed by atoms with Crippen LogP contribution < -0.4 is 10.6 Å². The summed E-state index contributed by atoms with van der Waals surface area (Å²) >= 11 is 0. The van der Waals surface area contributed by atoms with Crippen molar-refractivity contribution >= 4 is 19.5 Å². The summed E-state index contributed by atoms with van der Waals surface area (Å²) in [6, 6.07) is 0. The van der Waals surface area contributed by atoms with Crippen LogP contribution in [0.25, 0.3) is 0 Å². The Bertz CT molecular complexity index is 559. The number of allylic oxidation sites excluding steroid dienone is 2. The summed E-state index contributed by atoms with van der Waals surface area (Å²) < 4.78 is 10.9. The molecule has 25 heavy (non-hydrogen) atoms. The minimum absolute atomic E-state index is 0.0907. The maximum atomic E-state index is 8.19. The molecule has 0 aliphatic carbocycles. The Kier molecular flexibility index (Phi) is 8.44. The van der Waals surface area contributed by atoms with Crippen LogP contribution in [0.15, 0.2) is 40.5 Å².